The first-order valence-corrected chi connectivity index (χ1v) is 6.94. The van der Waals surface area contributed by atoms with E-state index in [0.29, 0.717) is 21.6 Å². The zero-order valence-corrected chi connectivity index (χ0v) is 12.4. The van der Waals surface area contributed by atoms with Gasteiger partial charge < -0.3 is 9.52 Å². The van der Waals surface area contributed by atoms with Gasteiger partial charge in [-0.1, -0.05) is 33.6 Å². The zero-order chi connectivity index (χ0) is 14.3. The van der Waals surface area contributed by atoms with E-state index in [2.05, 4.69) is 15.9 Å². The molecule has 1 aromatic heterocycles. The average Bonchev–Trinajstić information content (AvgIpc) is 2.42. The van der Waals surface area contributed by atoms with Gasteiger partial charge in [0.2, 0.25) is 0 Å². The highest BCUT2D eigenvalue weighted by Gasteiger charge is 2.12. The minimum atomic E-state index is -0.205. The third-order valence-corrected chi connectivity index (χ3v) is 3.72. The van der Waals surface area contributed by atoms with Crippen molar-refractivity contribution in [2.24, 2.45) is 0 Å². The van der Waals surface area contributed by atoms with Gasteiger partial charge in [-0.05, 0) is 30.3 Å². The fourth-order valence-corrected chi connectivity index (χ4v) is 2.56. The second kappa shape index (κ2) is 4.96. The van der Waals surface area contributed by atoms with Crippen LogP contribution in [0, 0.1) is 0 Å². The molecule has 0 saturated heterocycles. The zero-order valence-electron chi connectivity index (χ0n) is 10.1. The number of fused-ring (bicyclic) bond motifs is 1. The second-order valence-corrected chi connectivity index (χ2v) is 5.58. The maximum absolute atomic E-state index is 12.1. The Morgan fingerprint density at radius 1 is 1.15 bits per heavy atom. The first-order chi connectivity index (χ1) is 9.56. The highest BCUT2D eigenvalue weighted by molar-refractivity contribution is 9.10. The van der Waals surface area contributed by atoms with Crippen molar-refractivity contribution in [1.29, 1.82) is 0 Å². The van der Waals surface area contributed by atoms with Crippen molar-refractivity contribution in [2.45, 2.75) is 0 Å². The van der Waals surface area contributed by atoms with E-state index in [1.165, 1.54) is 12.1 Å². The molecule has 0 fully saturated rings. The predicted molar refractivity (Wildman–Crippen MR) is 82.3 cm³/mol. The predicted octanol–water partition coefficient (Wildman–Crippen LogP) is 4.58. The molecule has 20 heavy (non-hydrogen) atoms. The van der Waals surface area contributed by atoms with Crippen LogP contribution in [0.1, 0.15) is 0 Å². The molecule has 3 aromatic rings. The number of para-hydroxylation sites is 1. The van der Waals surface area contributed by atoms with Gasteiger partial charge in [-0.2, -0.15) is 0 Å². The Hall–Kier alpha value is -1.78. The molecule has 0 atom stereocenters. The van der Waals surface area contributed by atoms with Crippen molar-refractivity contribution in [2.75, 3.05) is 0 Å². The highest BCUT2D eigenvalue weighted by Crippen LogP contribution is 2.33. The Morgan fingerprint density at radius 3 is 2.75 bits per heavy atom. The van der Waals surface area contributed by atoms with Gasteiger partial charge in [-0.3, -0.25) is 4.79 Å². The topological polar surface area (TPSA) is 50.4 Å². The summed E-state index contributed by atoms with van der Waals surface area (Å²) in [7, 11) is 0. The van der Waals surface area contributed by atoms with Crippen LogP contribution in [0.2, 0.25) is 5.02 Å². The first kappa shape index (κ1) is 13.2. The number of aromatic hydroxyl groups is 1. The van der Waals surface area contributed by atoms with Crippen molar-refractivity contribution < 1.29 is 9.52 Å². The SMILES string of the molecule is O=c1cc(-c2cc(Br)ccc2O)oc2c(Cl)cccc12. The fourth-order valence-electron chi connectivity index (χ4n) is 1.98. The Bertz CT molecular complexity index is 871. The monoisotopic (exact) mass is 350 g/mol. The van der Waals surface area contributed by atoms with Crippen LogP contribution in [0.5, 0.6) is 5.75 Å². The number of benzene rings is 2. The molecule has 0 saturated carbocycles. The lowest BCUT2D eigenvalue weighted by Crippen LogP contribution is -2.00. The third kappa shape index (κ3) is 2.21. The molecule has 1 heterocycles. The standard InChI is InChI=1S/C15H8BrClO3/c16-8-4-5-12(18)10(6-8)14-7-13(19)9-2-1-3-11(17)15(9)20-14/h1-7,18H. The van der Waals surface area contributed by atoms with Crippen LogP contribution in [-0.4, -0.2) is 5.11 Å². The maximum atomic E-state index is 12.1. The molecule has 0 bridgehead atoms. The molecule has 0 spiro atoms. The van der Waals surface area contributed by atoms with Gasteiger partial charge in [0.25, 0.3) is 0 Å². The molecule has 1 N–H and O–H groups in total. The van der Waals surface area contributed by atoms with Gasteiger partial charge in [-0.25, -0.2) is 0 Å². The lowest BCUT2D eigenvalue weighted by molar-refractivity contribution is 0.474. The van der Waals surface area contributed by atoms with Crippen LogP contribution in [0.15, 0.2) is 56.1 Å². The van der Waals surface area contributed by atoms with E-state index in [9.17, 15) is 9.90 Å². The van der Waals surface area contributed by atoms with Gasteiger partial charge >= 0.3 is 0 Å². The van der Waals surface area contributed by atoms with Gasteiger partial charge in [0.05, 0.1) is 16.0 Å². The van der Waals surface area contributed by atoms with Crippen LogP contribution < -0.4 is 5.43 Å². The number of phenolic OH excluding ortho intramolecular Hbond substituents is 1. The summed E-state index contributed by atoms with van der Waals surface area (Å²) in [5.74, 6) is 0.303. The maximum Gasteiger partial charge on any atom is 0.193 e. The summed E-state index contributed by atoms with van der Waals surface area (Å²) in [5.41, 5.74) is 0.539. The third-order valence-electron chi connectivity index (χ3n) is 2.93. The molecule has 5 heteroatoms. The van der Waals surface area contributed by atoms with Gasteiger partial charge in [0.1, 0.15) is 11.5 Å². The number of hydrogen-bond donors (Lipinski definition) is 1. The summed E-state index contributed by atoms with van der Waals surface area (Å²) in [6.45, 7) is 0. The van der Waals surface area contributed by atoms with E-state index in [1.807, 2.05) is 0 Å². The van der Waals surface area contributed by atoms with E-state index >= 15 is 0 Å². The van der Waals surface area contributed by atoms with Crippen molar-refractivity contribution in [3.05, 3.63) is 62.2 Å². The minimum Gasteiger partial charge on any atom is -0.507 e. The quantitative estimate of drug-likeness (QED) is 0.698. The largest absolute Gasteiger partial charge is 0.507 e. The molecular weight excluding hydrogens is 344 g/mol. The van der Waals surface area contributed by atoms with E-state index in [4.69, 9.17) is 16.0 Å². The molecule has 3 nitrogen and oxygen atoms in total. The van der Waals surface area contributed by atoms with Gasteiger partial charge in [-0.15, -0.1) is 0 Å². The number of hydrogen-bond acceptors (Lipinski definition) is 3. The minimum absolute atomic E-state index is 0.0303. The Labute approximate surface area is 127 Å². The summed E-state index contributed by atoms with van der Waals surface area (Å²) in [4.78, 5) is 12.1. The van der Waals surface area contributed by atoms with E-state index < -0.39 is 0 Å². The Morgan fingerprint density at radius 2 is 1.95 bits per heavy atom. The van der Waals surface area contributed by atoms with Gasteiger partial charge in [0, 0.05) is 10.5 Å². The number of rotatable bonds is 1. The Balaban J connectivity index is 2.35. The molecular formula is C15H8BrClO3. The molecule has 2 aromatic carbocycles. The molecule has 3 rings (SSSR count). The summed E-state index contributed by atoms with van der Waals surface area (Å²) in [5, 5.41) is 10.7. The molecule has 0 aliphatic rings. The number of halogens is 2. The first-order valence-electron chi connectivity index (χ1n) is 5.77. The van der Waals surface area contributed by atoms with Crippen LogP contribution >= 0.6 is 27.5 Å². The molecule has 100 valence electrons. The summed E-state index contributed by atoms with van der Waals surface area (Å²) in [6, 6.07) is 11.2. The van der Waals surface area contributed by atoms with Crippen molar-refractivity contribution in [3.8, 4) is 17.1 Å². The van der Waals surface area contributed by atoms with E-state index in [0.717, 1.165) is 4.47 Å². The second-order valence-electron chi connectivity index (χ2n) is 4.25. The lowest BCUT2D eigenvalue weighted by Gasteiger charge is -2.06. The van der Waals surface area contributed by atoms with Crippen LogP contribution in [0.3, 0.4) is 0 Å². The van der Waals surface area contributed by atoms with Crippen molar-refractivity contribution in [1.82, 2.24) is 0 Å². The lowest BCUT2D eigenvalue weighted by atomic mass is 10.1. The molecule has 0 aliphatic heterocycles. The van der Waals surface area contributed by atoms with E-state index in [1.54, 1.807) is 30.3 Å². The van der Waals surface area contributed by atoms with Crippen LogP contribution in [0.4, 0.5) is 0 Å². The number of phenols is 1. The summed E-state index contributed by atoms with van der Waals surface area (Å²) in [6.07, 6.45) is 0. The van der Waals surface area contributed by atoms with Crippen LogP contribution in [-0.2, 0) is 0 Å². The molecule has 0 radical (unpaired) electrons. The fraction of sp³-hybridized carbons (Fsp3) is 0. The molecule has 0 aliphatic carbocycles. The highest BCUT2D eigenvalue weighted by atomic mass is 79.9. The van der Waals surface area contributed by atoms with Crippen molar-refractivity contribution >= 4 is 38.5 Å². The molecule has 0 unspecified atom stereocenters. The van der Waals surface area contributed by atoms with Gasteiger partial charge in [0.15, 0.2) is 11.0 Å². The smallest absolute Gasteiger partial charge is 0.193 e. The molecule has 0 amide bonds. The Kier molecular flexibility index (Phi) is 3.28. The van der Waals surface area contributed by atoms with E-state index in [-0.39, 0.29) is 16.9 Å². The average molecular weight is 352 g/mol. The normalized spacial score (nSPS) is 10.9. The summed E-state index contributed by atoms with van der Waals surface area (Å²) < 4.78 is 6.45. The summed E-state index contributed by atoms with van der Waals surface area (Å²) >= 11 is 9.37. The van der Waals surface area contributed by atoms with Crippen molar-refractivity contribution in [3.63, 3.8) is 0 Å². The van der Waals surface area contributed by atoms with Crippen LogP contribution in [0.25, 0.3) is 22.3 Å².